The number of ether oxygens (including phenoxy) is 1. The first-order valence-corrected chi connectivity index (χ1v) is 12.4. The van der Waals surface area contributed by atoms with Crippen LogP contribution in [0.15, 0.2) is 83.3 Å². The van der Waals surface area contributed by atoms with Crippen molar-refractivity contribution < 1.29 is 18.7 Å². The van der Waals surface area contributed by atoms with Gasteiger partial charge in [0.2, 0.25) is 5.91 Å². The van der Waals surface area contributed by atoms with Crippen molar-refractivity contribution in [3.05, 3.63) is 100 Å². The highest BCUT2D eigenvalue weighted by Gasteiger charge is 2.31. The van der Waals surface area contributed by atoms with E-state index in [0.717, 1.165) is 22.0 Å². The number of amides is 2. The van der Waals surface area contributed by atoms with E-state index in [4.69, 9.17) is 4.74 Å². The molecule has 35 heavy (non-hydrogen) atoms. The molecule has 0 bridgehead atoms. The Bertz CT molecular complexity index is 1110. The van der Waals surface area contributed by atoms with Gasteiger partial charge in [-0.3, -0.25) is 9.59 Å². The maximum Gasteiger partial charge on any atom is 0.261 e. The number of benzene rings is 3. The number of nitrogens with one attached hydrogen (secondary N) is 1. The Morgan fingerprint density at radius 3 is 2.34 bits per heavy atom. The molecule has 0 unspecified atom stereocenters. The summed E-state index contributed by atoms with van der Waals surface area (Å²) in [6, 6.07) is 22.0. The van der Waals surface area contributed by atoms with Crippen molar-refractivity contribution >= 4 is 27.7 Å². The molecule has 7 heteroatoms. The van der Waals surface area contributed by atoms with Gasteiger partial charge < -0.3 is 15.0 Å². The van der Waals surface area contributed by atoms with Gasteiger partial charge in [0, 0.05) is 23.5 Å². The zero-order valence-corrected chi connectivity index (χ0v) is 21.5. The molecule has 0 saturated heterocycles. The molecule has 0 radical (unpaired) electrons. The van der Waals surface area contributed by atoms with Gasteiger partial charge in [-0.1, -0.05) is 65.3 Å². The van der Waals surface area contributed by atoms with E-state index in [1.807, 2.05) is 68.4 Å². The molecule has 2 amide bonds. The smallest absolute Gasteiger partial charge is 0.261 e. The van der Waals surface area contributed by atoms with E-state index in [1.54, 1.807) is 4.90 Å². The fourth-order valence-corrected chi connectivity index (χ4v) is 4.03. The number of rotatable bonds is 11. The van der Waals surface area contributed by atoms with Gasteiger partial charge in [0.05, 0.1) is 0 Å². The highest BCUT2D eigenvalue weighted by molar-refractivity contribution is 9.10. The van der Waals surface area contributed by atoms with Crippen LogP contribution in [-0.2, 0) is 22.6 Å². The van der Waals surface area contributed by atoms with Gasteiger partial charge in [0.25, 0.3) is 5.91 Å². The summed E-state index contributed by atoms with van der Waals surface area (Å²) < 4.78 is 19.8. The first-order valence-electron chi connectivity index (χ1n) is 11.6. The summed E-state index contributed by atoms with van der Waals surface area (Å²) >= 11 is 3.48. The van der Waals surface area contributed by atoms with Crippen molar-refractivity contribution in [2.45, 2.75) is 45.3 Å². The number of halogens is 2. The molecule has 0 aliphatic carbocycles. The average Bonchev–Trinajstić information content (AvgIpc) is 2.86. The summed E-state index contributed by atoms with van der Waals surface area (Å²) in [5.41, 5.74) is 1.83. The predicted octanol–water partition coefficient (Wildman–Crippen LogP) is 5.52. The summed E-state index contributed by atoms with van der Waals surface area (Å²) in [4.78, 5) is 28.5. The van der Waals surface area contributed by atoms with Crippen molar-refractivity contribution in [1.82, 2.24) is 10.2 Å². The SMILES string of the molecule is CC[C@H](C)NC(=O)[C@@H](Cc1ccccc1)N(Cc1cccc(Br)c1)C(=O)COc1ccc(F)cc1. The van der Waals surface area contributed by atoms with Gasteiger partial charge in [0.1, 0.15) is 17.6 Å². The molecular formula is C28H30BrFN2O3. The van der Waals surface area contributed by atoms with Gasteiger partial charge in [-0.2, -0.15) is 0 Å². The lowest BCUT2D eigenvalue weighted by molar-refractivity contribution is -0.143. The lowest BCUT2D eigenvalue weighted by atomic mass is 10.0. The Labute approximate surface area is 214 Å². The van der Waals surface area contributed by atoms with Crippen LogP contribution in [0.3, 0.4) is 0 Å². The average molecular weight is 541 g/mol. The first-order chi connectivity index (χ1) is 16.9. The van der Waals surface area contributed by atoms with Crippen molar-refractivity contribution in [2.75, 3.05) is 6.61 Å². The second-order valence-electron chi connectivity index (χ2n) is 8.42. The van der Waals surface area contributed by atoms with E-state index in [2.05, 4.69) is 21.2 Å². The normalized spacial score (nSPS) is 12.5. The van der Waals surface area contributed by atoms with Crippen molar-refractivity contribution in [3.8, 4) is 5.75 Å². The third kappa shape index (κ3) is 8.21. The van der Waals surface area contributed by atoms with Crippen LogP contribution in [-0.4, -0.2) is 35.4 Å². The standard InChI is InChI=1S/C28H30BrFN2O3/c1-3-20(2)31-28(34)26(17-21-8-5-4-6-9-21)32(18-22-10-7-11-23(29)16-22)27(33)19-35-25-14-12-24(30)13-15-25/h4-16,20,26H,3,17-19H2,1-2H3,(H,31,34)/t20-,26+/m0/s1. The summed E-state index contributed by atoms with van der Waals surface area (Å²) in [7, 11) is 0. The number of carbonyl (C=O) groups excluding carboxylic acids is 2. The molecule has 3 aromatic rings. The van der Waals surface area contributed by atoms with Crippen LogP contribution in [0.2, 0.25) is 0 Å². The van der Waals surface area contributed by atoms with Gasteiger partial charge in [-0.15, -0.1) is 0 Å². The molecule has 184 valence electrons. The zero-order valence-electron chi connectivity index (χ0n) is 19.9. The minimum absolute atomic E-state index is 0.0286. The monoisotopic (exact) mass is 540 g/mol. The second-order valence-corrected chi connectivity index (χ2v) is 9.33. The van der Waals surface area contributed by atoms with E-state index < -0.39 is 6.04 Å². The minimum atomic E-state index is -0.741. The zero-order chi connectivity index (χ0) is 25.2. The van der Waals surface area contributed by atoms with E-state index in [1.165, 1.54) is 24.3 Å². The number of hydrogen-bond donors (Lipinski definition) is 1. The van der Waals surface area contributed by atoms with Crippen LogP contribution in [0, 0.1) is 5.82 Å². The molecule has 0 aliphatic heterocycles. The van der Waals surface area contributed by atoms with Gasteiger partial charge >= 0.3 is 0 Å². The maximum atomic E-state index is 13.5. The summed E-state index contributed by atoms with van der Waals surface area (Å²) in [6.07, 6.45) is 1.14. The predicted molar refractivity (Wildman–Crippen MR) is 138 cm³/mol. The Morgan fingerprint density at radius 1 is 1.00 bits per heavy atom. The number of carbonyl (C=O) groups is 2. The molecule has 2 atom stereocenters. The van der Waals surface area contributed by atoms with Gasteiger partial charge in [-0.25, -0.2) is 4.39 Å². The van der Waals surface area contributed by atoms with Crippen LogP contribution in [0.5, 0.6) is 5.75 Å². The lowest BCUT2D eigenvalue weighted by Gasteiger charge is -2.32. The molecule has 0 spiro atoms. The van der Waals surface area contributed by atoms with Crippen LogP contribution >= 0.6 is 15.9 Å². The summed E-state index contributed by atoms with van der Waals surface area (Å²) in [6.45, 7) is 3.89. The van der Waals surface area contributed by atoms with Gasteiger partial charge in [-0.05, 0) is 60.9 Å². The third-order valence-corrected chi connectivity index (χ3v) is 6.18. The van der Waals surface area contributed by atoms with Crippen molar-refractivity contribution in [2.24, 2.45) is 0 Å². The Kier molecular flexibility index (Phi) is 9.85. The fourth-order valence-electron chi connectivity index (χ4n) is 3.59. The molecule has 0 fully saturated rings. The maximum absolute atomic E-state index is 13.5. The van der Waals surface area contributed by atoms with E-state index in [0.29, 0.717) is 12.2 Å². The highest BCUT2D eigenvalue weighted by Crippen LogP contribution is 2.19. The second kappa shape index (κ2) is 13.0. The van der Waals surface area contributed by atoms with Crippen molar-refractivity contribution in [3.63, 3.8) is 0 Å². The van der Waals surface area contributed by atoms with E-state index in [-0.39, 0.29) is 36.8 Å². The van der Waals surface area contributed by atoms with Crippen LogP contribution in [0.25, 0.3) is 0 Å². The molecule has 0 aliphatic rings. The third-order valence-electron chi connectivity index (χ3n) is 5.69. The molecule has 0 aromatic heterocycles. The quantitative estimate of drug-likeness (QED) is 0.348. The Balaban J connectivity index is 1.90. The molecule has 0 saturated carbocycles. The topological polar surface area (TPSA) is 58.6 Å². The lowest BCUT2D eigenvalue weighted by Crippen LogP contribution is -2.53. The fraction of sp³-hybridized carbons (Fsp3) is 0.286. The van der Waals surface area contributed by atoms with Crippen LogP contribution in [0.1, 0.15) is 31.4 Å². The molecular weight excluding hydrogens is 511 g/mol. The molecule has 3 rings (SSSR count). The number of hydrogen-bond acceptors (Lipinski definition) is 3. The van der Waals surface area contributed by atoms with Crippen LogP contribution in [0.4, 0.5) is 4.39 Å². The van der Waals surface area contributed by atoms with Gasteiger partial charge in [0.15, 0.2) is 6.61 Å². The van der Waals surface area contributed by atoms with Crippen LogP contribution < -0.4 is 10.1 Å². The highest BCUT2D eigenvalue weighted by atomic mass is 79.9. The molecule has 1 N–H and O–H groups in total. The number of nitrogens with zero attached hydrogens (tertiary/aromatic N) is 1. The minimum Gasteiger partial charge on any atom is -0.484 e. The molecule has 5 nitrogen and oxygen atoms in total. The Morgan fingerprint density at radius 2 is 1.69 bits per heavy atom. The molecule has 3 aromatic carbocycles. The van der Waals surface area contributed by atoms with E-state index >= 15 is 0 Å². The first kappa shape index (κ1) is 26.4. The van der Waals surface area contributed by atoms with Crippen molar-refractivity contribution in [1.29, 1.82) is 0 Å². The Hall–Kier alpha value is -3.19. The van der Waals surface area contributed by atoms with E-state index in [9.17, 15) is 14.0 Å². The summed E-state index contributed by atoms with van der Waals surface area (Å²) in [5.74, 6) is -0.557. The molecule has 0 heterocycles. The summed E-state index contributed by atoms with van der Waals surface area (Å²) in [5, 5.41) is 3.04. The largest absolute Gasteiger partial charge is 0.484 e.